The molecule has 0 spiro atoms. The second-order valence-electron chi connectivity index (χ2n) is 2.76. The van der Waals surface area contributed by atoms with Crippen LogP contribution in [0.4, 0.5) is 10.6 Å². The smallest absolute Gasteiger partial charge is 0.320 e. The number of carbonyl (C=O) groups is 1. The highest BCUT2D eigenvalue weighted by atomic mass is 32.2. The fraction of sp³-hybridized carbons (Fsp3) is 0.333. The van der Waals surface area contributed by atoms with E-state index in [2.05, 4.69) is 15.7 Å². The van der Waals surface area contributed by atoms with E-state index in [1.54, 1.807) is 0 Å². The zero-order valence-corrected chi connectivity index (χ0v) is 9.00. The van der Waals surface area contributed by atoms with Crippen LogP contribution in [-0.4, -0.2) is 31.3 Å². The van der Waals surface area contributed by atoms with Crippen LogP contribution in [0.5, 0.6) is 0 Å². The summed E-state index contributed by atoms with van der Waals surface area (Å²) in [6.07, 6.45) is 1.21. The number of anilines is 1. The largest absolute Gasteiger partial charge is 0.341 e. The van der Waals surface area contributed by atoms with Crippen LogP contribution >= 0.6 is 0 Å². The second kappa shape index (κ2) is 3.87. The van der Waals surface area contributed by atoms with Gasteiger partial charge in [0, 0.05) is 20.3 Å². The average molecular weight is 233 g/mol. The molecule has 1 aromatic rings. The van der Waals surface area contributed by atoms with Gasteiger partial charge in [0.25, 0.3) is 0 Å². The van der Waals surface area contributed by atoms with E-state index < -0.39 is 16.1 Å². The lowest BCUT2D eigenvalue weighted by Gasteiger charge is -2.01. The molecule has 9 heteroatoms. The molecule has 0 unspecified atom stereocenters. The van der Waals surface area contributed by atoms with Crippen molar-refractivity contribution in [1.29, 1.82) is 0 Å². The molecule has 0 radical (unpaired) electrons. The maximum atomic E-state index is 11.1. The highest BCUT2D eigenvalue weighted by molar-refractivity contribution is 7.89. The Hall–Kier alpha value is -1.61. The fourth-order valence-corrected chi connectivity index (χ4v) is 1.59. The van der Waals surface area contributed by atoms with Crippen molar-refractivity contribution in [2.75, 3.05) is 12.4 Å². The lowest BCUT2D eigenvalue weighted by atomic mass is 10.6. The molecule has 0 saturated heterocycles. The number of amides is 2. The van der Waals surface area contributed by atoms with E-state index in [0.29, 0.717) is 0 Å². The first kappa shape index (κ1) is 11.5. The van der Waals surface area contributed by atoms with Crippen molar-refractivity contribution in [3.05, 3.63) is 6.20 Å². The minimum atomic E-state index is -3.89. The van der Waals surface area contributed by atoms with Crippen LogP contribution in [0.15, 0.2) is 11.1 Å². The molecule has 8 nitrogen and oxygen atoms in total. The first-order valence-electron chi connectivity index (χ1n) is 3.89. The number of primary sulfonamides is 1. The number of hydrogen-bond acceptors (Lipinski definition) is 4. The number of rotatable bonds is 2. The number of nitrogens with two attached hydrogens (primary N) is 1. The molecule has 0 fully saturated rings. The summed E-state index contributed by atoms with van der Waals surface area (Å²) in [5, 5.41) is 13.2. The Bertz CT molecular complexity index is 477. The molecule has 4 N–H and O–H groups in total. The van der Waals surface area contributed by atoms with Gasteiger partial charge < -0.3 is 5.32 Å². The van der Waals surface area contributed by atoms with E-state index in [1.807, 2.05) is 0 Å². The van der Waals surface area contributed by atoms with E-state index in [9.17, 15) is 13.2 Å². The van der Waals surface area contributed by atoms with E-state index in [0.717, 1.165) is 0 Å². The lowest BCUT2D eigenvalue weighted by Crippen LogP contribution is -2.26. The summed E-state index contributed by atoms with van der Waals surface area (Å²) in [7, 11) is -0.977. The molecule has 1 heterocycles. The Kier molecular flexibility index (Phi) is 2.95. The number of nitrogens with one attached hydrogen (secondary N) is 2. The first-order valence-corrected chi connectivity index (χ1v) is 5.44. The van der Waals surface area contributed by atoms with Gasteiger partial charge in [0.15, 0.2) is 5.82 Å². The highest BCUT2D eigenvalue weighted by Crippen LogP contribution is 2.16. The predicted molar refractivity (Wildman–Crippen MR) is 52.7 cm³/mol. The third-order valence-electron chi connectivity index (χ3n) is 1.56. The van der Waals surface area contributed by atoms with Crippen molar-refractivity contribution in [2.24, 2.45) is 12.2 Å². The minimum Gasteiger partial charge on any atom is -0.341 e. The molecule has 0 aliphatic carbocycles. The van der Waals surface area contributed by atoms with Gasteiger partial charge in [-0.15, -0.1) is 0 Å². The average Bonchev–Trinajstić information content (AvgIpc) is 2.45. The highest BCUT2D eigenvalue weighted by Gasteiger charge is 2.19. The van der Waals surface area contributed by atoms with Gasteiger partial charge in [0.1, 0.15) is 4.90 Å². The second-order valence-corrected chi connectivity index (χ2v) is 4.29. The number of aromatic nitrogens is 2. The van der Waals surface area contributed by atoms with Crippen LogP contribution in [0.3, 0.4) is 0 Å². The zero-order chi connectivity index (χ0) is 11.6. The molecular formula is C6H11N5O3S. The van der Waals surface area contributed by atoms with Crippen LogP contribution in [0.2, 0.25) is 0 Å². The van der Waals surface area contributed by atoms with Gasteiger partial charge >= 0.3 is 6.03 Å². The summed E-state index contributed by atoms with van der Waals surface area (Å²) in [5.74, 6) is -0.0978. The Morgan fingerprint density at radius 3 is 2.67 bits per heavy atom. The first-order chi connectivity index (χ1) is 6.84. The van der Waals surface area contributed by atoms with E-state index in [1.165, 1.54) is 25.0 Å². The molecular weight excluding hydrogens is 222 g/mol. The fourth-order valence-electron chi connectivity index (χ4n) is 0.932. The Morgan fingerprint density at radius 2 is 2.20 bits per heavy atom. The van der Waals surface area contributed by atoms with Gasteiger partial charge in [-0.3, -0.25) is 10.00 Å². The number of hydrogen-bond donors (Lipinski definition) is 3. The van der Waals surface area contributed by atoms with Crippen LogP contribution in [-0.2, 0) is 17.1 Å². The van der Waals surface area contributed by atoms with E-state index >= 15 is 0 Å². The summed E-state index contributed by atoms with van der Waals surface area (Å²) in [6.45, 7) is 0. The molecule has 0 aliphatic heterocycles. The maximum Gasteiger partial charge on any atom is 0.320 e. The van der Waals surface area contributed by atoms with Crippen LogP contribution in [0.1, 0.15) is 0 Å². The van der Waals surface area contributed by atoms with Gasteiger partial charge in [0.05, 0.1) is 0 Å². The van der Waals surface area contributed by atoms with Gasteiger partial charge in [0.2, 0.25) is 10.0 Å². The van der Waals surface area contributed by atoms with Crippen molar-refractivity contribution >= 4 is 21.9 Å². The number of aryl methyl sites for hydroxylation is 1. The molecule has 0 aliphatic rings. The topological polar surface area (TPSA) is 119 Å². The molecule has 1 aromatic heterocycles. The summed E-state index contributed by atoms with van der Waals surface area (Å²) < 4.78 is 23.4. The standard InChI is InChI=1S/C6H11N5O3S/c1-8-6(12)9-5-4(15(7,13)14)3-11(2)10-5/h3H,1-2H3,(H2,7,13,14)(H2,8,9,10,12). The molecule has 2 amide bonds. The zero-order valence-electron chi connectivity index (χ0n) is 8.18. The van der Waals surface area contributed by atoms with Crippen molar-refractivity contribution in [2.45, 2.75) is 4.90 Å². The Balaban J connectivity index is 3.13. The summed E-state index contributed by atoms with van der Waals surface area (Å²) >= 11 is 0. The molecule has 0 bridgehead atoms. The van der Waals surface area contributed by atoms with E-state index in [4.69, 9.17) is 5.14 Å². The quantitative estimate of drug-likeness (QED) is 0.595. The minimum absolute atomic E-state index is 0.0978. The molecule has 0 atom stereocenters. The Morgan fingerprint density at radius 1 is 1.60 bits per heavy atom. The molecule has 84 valence electrons. The number of nitrogens with zero attached hydrogens (tertiary/aromatic N) is 2. The number of urea groups is 1. The summed E-state index contributed by atoms with van der Waals surface area (Å²) in [5.41, 5.74) is 0. The maximum absolute atomic E-state index is 11.1. The number of carbonyl (C=O) groups excluding carboxylic acids is 1. The van der Waals surface area contributed by atoms with Crippen LogP contribution in [0, 0.1) is 0 Å². The molecule has 1 rings (SSSR count). The number of sulfonamides is 1. The SMILES string of the molecule is CNC(=O)Nc1nn(C)cc1S(N)(=O)=O. The lowest BCUT2D eigenvalue weighted by molar-refractivity contribution is 0.254. The molecule has 0 aromatic carbocycles. The van der Waals surface area contributed by atoms with E-state index in [-0.39, 0.29) is 10.7 Å². The molecule has 0 saturated carbocycles. The Labute approximate surface area is 86.5 Å². The molecule has 15 heavy (non-hydrogen) atoms. The summed E-state index contributed by atoms with van der Waals surface area (Å²) in [4.78, 5) is 10.7. The third-order valence-corrected chi connectivity index (χ3v) is 2.47. The van der Waals surface area contributed by atoms with Crippen molar-refractivity contribution in [1.82, 2.24) is 15.1 Å². The monoisotopic (exact) mass is 233 g/mol. The van der Waals surface area contributed by atoms with Crippen molar-refractivity contribution < 1.29 is 13.2 Å². The van der Waals surface area contributed by atoms with Gasteiger partial charge in [-0.25, -0.2) is 18.4 Å². The third kappa shape index (κ3) is 2.67. The van der Waals surface area contributed by atoms with Crippen LogP contribution in [0.25, 0.3) is 0 Å². The van der Waals surface area contributed by atoms with Gasteiger partial charge in [-0.05, 0) is 0 Å². The van der Waals surface area contributed by atoms with Gasteiger partial charge in [-0.2, -0.15) is 5.10 Å². The van der Waals surface area contributed by atoms with Crippen LogP contribution < -0.4 is 15.8 Å². The predicted octanol–water partition coefficient (Wildman–Crippen LogP) is -1.18. The van der Waals surface area contributed by atoms with Crippen molar-refractivity contribution in [3.8, 4) is 0 Å². The van der Waals surface area contributed by atoms with Crippen molar-refractivity contribution in [3.63, 3.8) is 0 Å². The van der Waals surface area contributed by atoms with Gasteiger partial charge in [-0.1, -0.05) is 0 Å². The normalized spacial score (nSPS) is 11.1. The summed E-state index contributed by atoms with van der Waals surface area (Å²) in [6, 6.07) is -0.571.